The van der Waals surface area contributed by atoms with E-state index in [0.29, 0.717) is 12.3 Å². The van der Waals surface area contributed by atoms with Gasteiger partial charge in [0.1, 0.15) is 0 Å². The molecule has 2 aromatic rings. The van der Waals surface area contributed by atoms with Crippen molar-refractivity contribution in [2.24, 2.45) is 0 Å². The van der Waals surface area contributed by atoms with Crippen LogP contribution in [0.1, 0.15) is 23.7 Å². The Bertz CT molecular complexity index is 775. The zero-order valence-electron chi connectivity index (χ0n) is 13.3. The molecule has 24 heavy (non-hydrogen) atoms. The fraction of sp³-hybridized carbons (Fsp3) is 0.278. The zero-order chi connectivity index (χ0) is 17.1. The average molecular weight is 326 g/mol. The lowest BCUT2D eigenvalue weighted by molar-refractivity contribution is -0.384. The van der Waals surface area contributed by atoms with E-state index in [9.17, 15) is 14.9 Å². The SMILES string of the molecule is CN(C(=O)C[C@@H]1OCCc2ccccc21)c1cccc([N+](=O)[O-])c1. The number of anilines is 1. The molecule has 1 aliphatic rings. The number of hydrogen-bond donors (Lipinski definition) is 0. The molecule has 6 nitrogen and oxygen atoms in total. The molecule has 0 N–H and O–H groups in total. The summed E-state index contributed by atoms with van der Waals surface area (Å²) in [5.74, 6) is -0.141. The van der Waals surface area contributed by atoms with Crippen LogP contribution in [0.4, 0.5) is 11.4 Å². The van der Waals surface area contributed by atoms with Crippen LogP contribution in [-0.4, -0.2) is 24.5 Å². The van der Waals surface area contributed by atoms with Crippen LogP contribution < -0.4 is 4.90 Å². The topological polar surface area (TPSA) is 72.7 Å². The van der Waals surface area contributed by atoms with E-state index >= 15 is 0 Å². The van der Waals surface area contributed by atoms with Gasteiger partial charge in [-0.1, -0.05) is 30.3 Å². The van der Waals surface area contributed by atoms with Crippen LogP contribution in [0.25, 0.3) is 0 Å². The molecule has 1 aliphatic heterocycles. The summed E-state index contributed by atoms with van der Waals surface area (Å²) >= 11 is 0. The lowest BCUT2D eigenvalue weighted by Gasteiger charge is -2.27. The predicted octanol–water partition coefficient (Wildman–Crippen LogP) is 3.26. The van der Waals surface area contributed by atoms with Gasteiger partial charge in [0.2, 0.25) is 5.91 Å². The second-order valence-electron chi connectivity index (χ2n) is 5.74. The van der Waals surface area contributed by atoms with Gasteiger partial charge >= 0.3 is 0 Å². The van der Waals surface area contributed by atoms with E-state index in [1.165, 1.54) is 22.6 Å². The Morgan fingerprint density at radius 1 is 1.29 bits per heavy atom. The monoisotopic (exact) mass is 326 g/mol. The van der Waals surface area contributed by atoms with Crippen LogP contribution in [0.5, 0.6) is 0 Å². The molecule has 0 fully saturated rings. The van der Waals surface area contributed by atoms with Crippen molar-refractivity contribution >= 4 is 17.3 Å². The summed E-state index contributed by atoms with van der Waals surface area (Å²) in [5, 5.41) is 10.9. The molecule has 1 amide bonds. The highest BCUT2D eigenvalue weighted by atomic mass is 16.6. The molecule has 1 heterocycles. The van der Waals surface area contributed by atoms with Crippen molar-refractivity contribution in [2.75, 3.05) is 18.6 Å². The Morgan fingerprint density at radius 3 is 2.88 bits per heavy atom. The van der Waals surface area contributed by atoms with E-state index in [2.05, 4.69) is 6.07 Å². The maximum absolute atomic E-state index is 12.6. The normalized spacial score (nSPS) is 16.3. The van der Waals surface area contributed by atoms with Gasteiger partial charge in [-0.05, 0) is 23.6 Å². The number of fused-ring (bicyclic) bond motifs is 1. The largest absolute Gasteiger partial charge is 0.373 e. The summed E-state index contributed by atoms with van der Waals surface area (Å²) < 4.78 is 5.77. The Hall–Kier alpha value is -2.73. The molecule has 0 unspecified atom stereocenters. The van der Waals surface area contributed by atoms with Crippen LogP contribution in [0, 0.1) is 10.1 Å². The number of nitro benzene ring substituents is 1. The lowest BCUT2D eigenvalue weighted by Crippen LogP contribution is -2.29. The van der Waals surface area contributed by atoms with Gasteiger partial charge < -0.3 is 9.64 Å². The molecule has 0 bridgehead atoms. The summed E-state index contributed by atoms with van der Waals surface area (Å²) in [7, 11) is 1.62. The third kappa shape index (κ3) is 3.28. The molecule has 2 aromatic carbocycles. The Morgan fingerprint density at radius 2 is 2.08 bits per heavy atom. The second kappa shape index (κ2) is 6.80. The number of rotatable bonds is 4. The Balaban J connectivity index is 1.76. The van der Waals surface area contributed by atoms with E-state index in [1.807, 2.05) is 18.2 Å². The highest BCUT2D eigenvalue weighted by Gasteiger charge is 2.25. The van der Waals surface area contributed by atoms with Gasteiger partial charge in [-0.25, -0.2) is 0 Å². The number of nitrogens with zero attached hydrogens (tertiary/aromatic N) is 2. The Labute approximate surface area is 139 Å². The van der Waals surface area contributed by atoms with E-state index < -0.39 is 4.92 Å². The van der Waals surface area contributed by atoms with Gasteiger partial charge in [0, 0.05) is 19.2 Å². The molecular formula is C18H18N2O4. The third-order valence-corrected chi connectivity index (χ3v) is 4.25. The van der Waals surface area contributed by atoms with Crippen molar-refractivity contribution in [1.82, 2.24) is 0 Å². The fourth-order valence-electron chi connectivity index (χ4n) is 2.90. The molecule has 0 saturated heterocycles. The van der Waals surface area contributed by atoms with Gasteiger partial charge in [0.15, 0.2) is 0 Å². The van der Waals surface area contributed by atoms with Gasteiger partial charge in [-0.15, -0.1) is 0 Å². The fourth-order valence-corrected chi connectivity index (χ4v) is 2.90. The number of carbonyl (C=O) groups is 1. The minimum absolute atomic E-state index is 0.0357. The number of carbonyl (C=O) groups excluding carboxylic acids is 1. The summed E-state index contributed by atoms with van der Waals surface area (Å²) in [6, 6.07) is 14.0. The molecule has 3 rings (SSSR count). The highest BCUT2D eigenvalue weighted by molar-refractivity contribution is 5.93. The number of non-ortho nitro benzene ring substituents is 1. The molecule has 0 radical (unpaired) electrons. The molecule has 124 valence electrons. The van der Waals surface area contributed by atoms with Gasteiger partial charge in [-0.3, -0.25) is 14.9 Å². The van der Waals surface area contributed by atoms with E-state index in [4.69, 9.17) is 4.74 Å². The molecule has 0 aromatic heterocycles. The zero-order valence-corrected chi connectivity index (χ0v) is 13.3. The number of ether oxygens (including phenoxy) is 1. The third-order valence-electron chi connectivity index (χ3n) is 4.25. The first-order chi connectivity index (χ1) is 11.6. The Kier molecular flexibility index (Phi) is 4.57. The number of hydrogen-bond acceptors (Lipinski definition) is 4. The van der Waals surface area contributed by atoms with Crippen molar-refractivity contribution < 1.29 is 14.5 Å². The molecular weight excluding hydrogens is 308 g/mol. The van der Waals surface area contributed by atoms with Gasteiger partial charge in [0.25, 0.3) is 5.69 Å². The first-order valence-corrected chi connectivity index (χ1v) is 7.76. The van der Waals surface area contributed by atoms with E-state index in [0.717, 1.165) is 12.0 Å². The minimum atomic E-state index is -0.470. The predicted molar refractivity (Wildman–Crippen MR) is 90.0 cm³/mol. The van der Waals surface area contributed by atoms with Crippen LogP contribution in [0.2, 0.25) is 0 Å². The molecule has 0 aliphatic carbocycles. The quantitative estimate of drug-likeness (QED) is 0.638. The van der Waals surface area contributed by atoms with Crippen molar-refractivity contribution in [3.63, 3.8) is 0 Å². The molecule has 6 heteroatoms. The minimum Gasteiger partial charge on any atom is -0.373 e. The van der Waals surface area contributed by atoms with Gasteiger partial charge in [0.05, 0.1) is 29.7 Å². The average Bonchev–Trinajstić information content (AvgIpc) is 2.61. The van der Waals surface area contributed by atoms with Gasteiger partial charge in [-0.2, -0.15) is 0 Å². The summed E-state index contributed by atoms with van der Waals surface area (Å²) in [5.41, 5.74) is 2.72. The second-order valence-corrected chi connectivity index (χ2v) is 5.74. The molecule has 0 saturated carbocycles. The van der Waals surface area contributed by atoms with Crippen molar-refractivity contribution in [2.45, 2.75) is 18.9 Å². The maximum atomic E-state index is 12.6. The summed E-state index contributed by atoms with van der Waals surface area (Å²) in [4.78, 5) is 24.4. The van der Waals surface area contributed by atoms with Crippen molar-refractivity contribution in [3.05, 3.63) is 69.8 Å². The van der Waals surface area contributed by atoms with Crippen LogP contribution in [0.3, 0.4) is 0 Å². The molecule has 0 spiro atoms. The summed E-state index contributed by atoms with van der Waals surface area (Å²) in [6.45, 7) is 0.593. The van der Waals surface area contributed by atoms with Crippen LogP contribution in [-0.2, 0) is 16.0 Å². The van der Waals surface area contributed by atoms with Crippen LogP contribution >= 0.6 is 0 Å². The smallest absolute Gasteiger partial charge is 0.271 e. The first-order valence-electron chi connectivity index (χ1n) is 7.76. The molecule has 1 atom stereocenters. The maximum Gasteiger partial charge on any atom is 0.271 e. The van der Waals surface area contributed by atoms with Crippen molar-refractivity contribution in [1.29, 1.82) is 0 Å². The van der Waals surface area contributed by atoms with E-state index in [1.54, 1.807) is 19.2 Å². The first kappa shape index (κ1) is 16.1. The highest BCUT2D eigenvalue weighted by Crippen LogP contribution is 2.30. The number of amides is 1. The number of benzene rings is 2. The van der Waals surface area contributed by atoms with Crippen molar-refractivity contribution in [3.8, 4) is 0 Å². The number of nitro groups is 1. The lowest BCUT2D eigenvalue weighted by atomic mass is 9.95. The standard InChI is InChI=1S/C18H18N2O4/c1-19(14-6-4-7-15(11-14)20(22)23)18(21)12-17-16-8-3-2-5-13(16)9-10-24-17/h2-8,11,17H,9-10,12H2,1H3/t17-/m0/s1. The van der Waals surface area contributed by atoms with Crippen LogP contribution in [0.15, 0.2) is 48.5 Å². The van der Waals surface area contributed by atoms with E-state index in [-0.39, 0.29) is 24.1 Å². The summed E-state index contributed by atoms with van der Waals surface area (Å²) in [6.07, 6.45) is 0.779.